The summed E-state index contributed by atoms with van der Waals surface area (Å²) in [4.78, 5) is 10.5. The number of nitro benzene ring substituents is 1. The van der Waals surface area contributed by atoms with Gasteiger partial charge in [-0.2, -0.15) is 0 Å². The molecule has 2 aliphatic rings. The molecule has 2 saturated carbocycles. The number of hydrogen-bond acceptors (Lipinski definition) is 3. The predicted molar refractivity (Wildman–Crippen MR) is 76.9 cm³/mol. The summed E-state index contributed by atoms with van der Waals surface area (Å²) in [6, 6.07) is 5.78. The second-order valence-corrected chi connectivity index (χ2v) is 6.57. The lowest BCUT2D eigenvalue weighted by molar-refractivity contribution is -0.385. The molecule has 0 atom stereocenters. The third kappa shape index (κ3) is 3.34. The van der Waals surface area contributed by atoms with Gasteiger partial charge in [0.15, 0.2) is 0 Å². The fourth-order valence-corrected chi connectivity index (χ4v) is 3.23. The molecule has 0 amide bonds. The lowest BCUT2D eigenvalue weighted by Crippen LogP contribution is -2.32. The molecule has 1 aromatic rings. The van der Waals surface area contributed by atoms with Gasteiger partial charge in [0.25, 0.3) is 5.69 Å². The van der Waals surface area contributed by atoms with Gasteiger partial charge >= 0.3 is 0 Å². The van der Waals surface area contributed by atoms with Gasteiger partial charge in [0.2, 0.25) is 0 Å². The monoisotopic (exact) mass is 324 g/mol. The number of nitrogens with one attached hydrogen (secondary N) is 1. The molecule has 0 bridgehead atoms. The Labute approximate surface area is 120 Å². The van der Waals surface area contributed by atoms with Crippen LogP contribution in [-0.2, 0) is 6.54 Å². The average Bonchev–Trinajstić information content (AvgIpc) is 3.23. The smallest absolute Gasteiger partial charge is 0.270 e. The standard InChI is InChI=1S/C14H17BrN2O2/c15-12-5-9(6-13(7-12)17(18)19)8-16-14(10-1-2-10)11-3-4-11/h5-7,10-11,14,16H,1-4,8H2. The molecule has 0 aromatic heterocycles. The Bertz CT molecular complexity index is 486. The zero-order valence-corrected chi connectivity index (χ0v) is 12.2. The quantitative estimate of drug-likeness (QED) is 0.642. The van der Waals surface area contributed by atoms with Crippen LogP contribution in [0.25, 0.3) is 0 Å². The number of hydrogen-bond donors (Lipinski definition) is 1. The maximum absolute atomic E-state index is 10.8. The third-order valence-electron chi connectivity index (χ3n) is 3.95. The minimum Gasteiger partial charge on any atom is -0.309 e. The van der Waals surface area contributed by atoms with E-state index in [0.29, 0.717) is 6.04 Å². The Morgan fingerprint density at radius 1 is 1.26 bits per heavy atom. The first-order valence-corrected chi connectivity index (χ1v) is 7.60. The van der Waals surface area contributed by atoms with E-state index >= 15 is 0 Å². The molecule has 0 unspecified atom stereocenters. The van der Waals surface area contributed by atoms with Crippen LogP contribution in [0.15, 0.2) is 22.7 Å². The molecule has 102 valence electrons. The van der Waals surface area contributed by atoms with Crippen LogP contribution in [0.2, 0.25) is 0 Å². The van der Waals surface area contributed by atoms with E-state index in [-0.39, 0.29) is 10.6 Å². The Balaban J connectivity index is 1.66. The summed E-state index contributed by atoms with van der Waals surface area (Å²) < 4.78 is 0.771. The van der Waals surface area contributed by atoms with Crippen molar-refractivity contribution in [2.45, 2.75) is 38.3 Å². The van der Waals surface area contributed by atoms with E-state index in [0.717, 1.165) is 28.4 Å². The molecule has 5 heteroatoms. The normalized spacial score (nSPS) is 18.8. The van der Waals surface area contributed by atoms with Gasteiger partial charge in [0.1, 0.15) is 0 Å². The van der Waals surface area contributed by atoms with Gasteiger partial charge < -0.3 is 5.32 Å². The van der Waals surface area contributed by atoms with Crippen molar-refractivity contribution < 1.29 is 4.92 Å². The SMILES string of the molecule is O=[N+]([O-])c1cc(Br)cc(CNC(C2CC2)C2CC2)c1. The number of halogens is 1. The summed E-state index contributed by atoms with van der Waals surface area (Å²) in [5.41, 5.74) is 1.13. The molecule has 4 nitrogen and oxygen atoms in total. The minimum atomic E-state index is -0.340. The van der Waals surface area contributed by atoms with E-state index in [2.05, 4.69) is 21.2 Å². The number of benzene rings is 1. The van der Waals surface area contributed by atoms with Crippen molar-refractivity contribution in [3.8, 4) is 0 Å². The van der Waals surface area contributed by atoms with Crippen LogP contribution in [0.1, 0.15) is 31.2 Å². The third-order valence-corrected chi connectivity index (χ3v) is 4.41. The molecule has 0 radical (unpaired) electrons. The summed E-state index contributed by atoms with van der Waals surface area (Å²) in [6.45, 7) is 0.720. The van der Waals surface area contributed by atoms with Crippen LogP contribution in [0.4, 0.5) is 5.69 Å². The van der Waals surface area contributed by atoms with Crippen LogP contribution in [-0.4, -0.2) is 11.0 Å². The summed E-state index contributed by atoms with van der Waals surface area (Å²) in [6.07, 6.45) is 5.36. The molecule has 0 aliphatic heterocycles. The highest BCUT2D eigenvalue weighted by Crippen LogP contribution is 2.44. The molecule has 3 rings (SSSR count). The van der Waals surface area contributed by atoms with Crippen molar-refractivity contribution in [2.24, 2.45) is 11.8 Å². The summed E-state index contributed by atoms with van der Waals surface area (Å²) in [7, 11) is 0. The topological polar surface area (TPSA) is 55.2 Å². The fourth-order valence-electron chi connectivity index (χ4n) is 2.71. The largest absolute Gasteiger partial charge is 0.309 e. The number of nitro groups is 1. The van der Waals surface area contributed by atoms with Crippen molar-refractivity contribution in [1.82, 2.24) is 5.32 Å². The fraction of sp³-hybridized carbons (Fsp3) is 0.571. The molecule has 1 aromatic carbocycles. The van der Waals surface area contributed by atoms with Gasteiger partial charge in [-0.1, -0.05) is 15.9 Å². The first-order chi connectivity index (χ1) is 9.13. The van der Waals surface area contributed by atoms with Crippen molar-refractivity contribution in [3.05, 3.63) is 38.3 Å². The molecule has 2 fully saturated rings. The summed E-state index contributed by atoms with van der Waals surface area (Å²) >= 11 is 3.34. The second-order valence-electron chi connectivity index (χ2n) is 5.66. The summed E-state index contributed by atoms with van der Waals surface area (Å²) in [5, 5.41) is 14.5. The molecule has 2 aliphatic carbocycles. The molecular formula is C14H17BrN2O2. The van der Waals surface area contributed by atoms with E-state index in [1.807, 2.05) is 6.07 Å². The average molecular weight is 325 g/mol. The number of non-ortho nitro benzene ring substituents is 1. The van der Waals surface area contributed by atoms with Crippen LogP contribution < -0.4 is 5.32 Å². The van der Waals surface area contributed by atoms with Crippen molar-refractivity contribution in [1.29, 1.82) is 0 Å². The Morgan fingerprint density at radius 2 is 1.89 bits per heavy atom. The zero-order chi connectivity index (χ0) is 13.4. The molecule has 0 heterocycles. The first kappa shape index (κ1) is 13.1. The Hall–Kier alpha value is -0.940. The van der Waals surface area contributed by atoms with Crippen molar-refractivity contribution in [2.75, 3.05) is 0 Å². The van der Waals surface area contributed by atoms with Gasteiger partial charge in [-0.3, -0.25) is 10.1 Å². The Morgan fingerprint density at radius 3 is 2.42 bits per heavy atom. The number of nitrogens with zero attached hydrogens (tertiary/aromatic N) is 1. The van der Waals surface area contributed by atoms with E-state index in [9.17, 15) is 10.1 Å². The second kappa shape index (κ2) is 5.21. The van der Waals surface area contributed by atoms with Gasteiger partial charge in [-0.05, 0) is 49.1 Å². The predicted octanol–water partition coefficient (Wildman–Crippen LogP) is 3.64. The van der Waals surface area contributed by atoms with E-state index in [1.54, 1.807) is 12.1 Å². The molecule has 19 heavy (non-hydrogen) atoms. The molecule has 0 saturated heterocycles. The van der Waals surface area contributed by atoms with Crippen LogP contribution in [0.5, 0.6) is 0 Å². The van der Waals surface area contributed by atoms with Crippen LogP contribution in [0, 0.1) is 22.0 Å². The lowest BCUT2D eigenvalue weighted by atomic mass is 10.1. The van der Waals surface area contributed by atoms with Crippen LogP contribution >= 0.6 is 15.9 Å². The maximum Gasteiger partial charge on any atom is 0.270 e. The van der Waals surface area contributed by atoms with Gasteiger partial charge in [-0.15, -0.1) is 0 Å². The first-order valence-electron chi connectivity index (χ1n) is 6.81. The highest BCUT2D eigenvalue weighted by atomic mass is 79.9. The van der Waals surface area contributed by atoms with Gasteiger partial charge in [0, 0.05) is 29.2 Å². The van der Waals surface area contributed by atoms with E-state index < -0.39 is 0 Å². The molecule has 1 N–H and O–H groups in total. The number of rotatable bonds is 6. The van der Waals surface area contributed by atoms with Gasteiger partial charge in [-0.25, -0.2) is 0 Å². The van der Waals surface area contributed by atoms with Gasteiger partial charge in [0.05, 0.1) is 4.92 Å². The highest BCUT2D eigenvalue weighted by molar-refractivity contribution is 9.10. The zero-order valence-electron chi connectivity index (χ0n) is 10.6. The summed E-state index contributed by atoms with van der Waals surface area (Å²) in [5.74, 6) is 1.68. The molecular weight excluding hydrogens is 308 g/mol. The molecule has 0 spiro atoms. The van der Waals surface area contributed by atoms with Crippen molar-refractivity contribution >= 4 is 21.6 Å². The highest BCUT2D eigenvalue weighted by Gasteiger charge is 2.40. The van der Waals surface area contributed by atoms with Crippen LogP contribution in [0.3, 0.4) is 0 Å². The van der Waals surface area contributed by atoms with E-state index in [1.165, 1.54) is 25.7 Å². The maximum atomic E-state index is 10.8. The lowest BCUT2D eigenvalue weighted by Gasteiger charge is -2.17. The van der Waals surface area contributed by atoms with E-state index in [4.69, 9.17) is 0 Å². The van der Waals surface area contributed by atoms with Crippen molar-refractivity contribution in [3.63, 3.8) is 0 Å². The Kier molecular flexibility index (Phi) is 3.58. The minimum absolute atomic E-state index is 0.153.